The maximum absolute atomic E-state index is 3.57. The van der Waals surface area contributed by atoms with Gasteiger partial charge in [0.1, 0.15) is 0 Å². The molecule has 0 aliphatic heterocycles. The van der Waals surface area contributed by atoms with Crippen molar-refractivity contribution in [2.45, 2.75) is 6.92 Å². The van der Waals surface area contributed by atoms with E-state index < -0.39 is 0 Å². The highest BCUT2D eigenvalue weighted by Gasteiger charge is 2.12. The third-order valence-corrected chi connectivity index (χ3v) is 4.32. The van der Waals surface area contributed by atoms with Crippen molar-refractivity contribution >= 4 is 33.0 Å². The van der Waals surface area contributed by atoms with Crippen LogP contribution in [0.5, 0.6) is 0 Å². The van der Waals surface area contributed by atoms with Gasteiger partial charge in [0.25, 0.3) is 0 Å². The second-order valence-corrected chi connectivity index (χ2v) is 5.79. The van der Waals surface area contributed by atoms with Gasteiger partial charge in [0.05, 0.1) is 0 Å². The van der Waals surface area contributed by atoms with Crippen LogP contribution in [0.3, 0.4) is 0 Å². The first kappa shape index (κ1) is 13.9. The summed E-state index contributed by atoms with van der Waals surface area (Å²) in [4.78, 5) is 2.26. The second kappa shape index (κ2) is 6.15. The molecule has 0 aliphatic rings. The molecule has 0 unspecified atom stereocenters. The molecule has 0 spiro atoms. The van der Waals surface area contributed by atoms with Gasteiger partial charge < -0.3 is 4.90 Å². The average molecular weight is 338 g/mol. The highest BCUT2D eigenvalue weighted by atomic mass is 79.9. The first-order valence-electron chi connectivity index (χ1n) is 6.92. The van der Waals surface area contributed by atoms with Crippen LogP contribution in [0.1, 0.15) is 5.56 Å². The fraction of sp³-hybridized carbons (Fsp3) is 0.0526. The standard InChI is InChI=1S/C19H16BrN/c1-15-14-18(12-13-19(15)20)21(16-8-4-2-5-9-16)17-10-6-3-7-11-17/h2-14H,1H3. The fourth-order valence-electron chi connectivity index (χ4n) is 2.37. The van der Waals surface area contributed by atoms with Gasteiger partial charge in [0.2, 0.25) is 0 Å². The van der Waals surface area contributed by atoms with Gasteiger partial charge in [-0.1, -0.05) is 52.3 Å². The molecule has 0 saturated heterocycles. The van der Waals surface area contributed by atoms with Gasteiger partial charge in [-0.05, 0) is 55.0 Å². The van der Waals surface area contributed by atoms with Crippen molar-refractivity contribution in [2.75, 3.05) is 4.90 Å². The van der Waals surface area contributed by atoms with Gasteiger partial charge in [-0.2, -0.15) is 0 Å². The van der Waals surface area contributed by atoms with Crippen molar-refractivity contribution in [3.8, 4) is 0 Å². The summed E-state index contributed by atoms with van der Waals surface area (Å²) >= 11 is 3.57. The first-order valence-corrected chi connectivity index (χ1v) is 7.71. The molecule has 3 aromatic carbocycles. The minimum Gasteiger partial charge on any atom is -0.310 e. The molecule has 0 radical (unpaired) electrons. The van der Waals surface area contributed by atoms with Crippen LogP contribution in [-0.2, 0) is 0 Å². The molecule has 3 aromatic rings. The molecule has 2 heteroatoms. The summed E-state index contributed by atoms with van der Waals surface area (Å²) in [5.41, 5.74) is 4.70. The number of hydrogen-bond donors (Lipinski definition) is 0. The molecule has 21 heavy (non-hydrogen) atoms. The van der Waals surface area contributed by atoms with E-state index in [0.29, 0.717) is 0 Å². The number of nitrogens with zero attached hydrogens (tertiary/aromatic N) is 1. The zero-order valence-corrected chi connectivity index (χ0v) is 13.4. The van der Waals surface area contributed by atoms with Crippen LogP contribution in [-0.4, -0.2) is 0 Å². The normalized spacial score (nSPS) is 10.4. The molecule has 0 atom stereocenters. The van der Waals surface area contributed by atoms with Gasteiger partial charge in [-0.3, -0.25) is 0 Å². The van der Waals surface area contributed by atoms with E-state index in [-0.39, 0.29) is 0 Å². The third-order valence-electron chi connectivity index (χ3n) is 3.43. The van der Waals surface area contributed by atoms with E-state index in [9.17, 15) is 0 Å². The molecule has 0 heterocycles. The lowest BCUT2D eigenvalue weighted by Gasteiger charge is -2.25. The smallest absolute Gasteiger partial charge is 0.0465 e. The van der Waals surface area contributed by atoms with E-state index in [1.165, 1.54) is 5.56 Å². The van der Waals surface area contributed by atoms with Gasteiger partial charge in [0.15, 0.2) is 0 Å². The van der Waals surface area contributed by atoms with E-state index in [1.54, 1.807) is 0 Å². The molecule has 1 nitrogen and oxygen atoms in total. The van der Waals surface area contributed by atoms with Crippen LogP contribution in [0, 0.1) is 6.92 Å². The monoisotopic (exact) mass is 337 g/mol. The Labute approximate surface area is 134 Å². The summed E-state index contributed by atoms with van der Waals surface area (Å²) < 4.78 is 1.13. The van der Waals surface area contributed by atoms with Crippen LogP contribution >= 0.6 is 15.9 Å². The largest absolute Gasteiger partial charge is 0.310 e. The van der Waals surface area contributed by atoms with Gasteiger partial charge in [-0.25, -0.2) is 0 Å². The molecule has 0 amide bonds. The molecular weight excluding hydrogens is 322 g/mol. The summed E-state index contributed by atoms with van der Waals surface area (Å²) in [6, 6.07) is 27.3. The first-order chi connectivity index (χ1) is 10.3. The van der Waals surface area contributed by atoms with E-state index in [1.807, 2.05) is 12.1 Å². The molecule has 0 fully saturated rings. The number of rotatable bonds is 3. The molecule has 3 rings (SSSR count). The fourth-order valence-corrected chi connectivity index (χ4v) is 2.62. The molecule has 0 N–H and O–H groups in total. The van der Waals surface area contributed by atoms with Crippen molar-refractivity contribution in [3.05, 3.63) is 88.9 Å². The Balaban J connectivity index is 2.14. The van der Waals surface area contributed by atoms with Gasteiger partial charge in [-0.15, -0.1) is 0 Å². The summed E-state index contributed by atoms with van der Waals surface area (Å²) in [5, 5.41) is 0. The lowest BCUT2D eigenvalue weighted by molar-refractivity contribution is 1.26. The van der Waals surface area contributed by atoms with E-state index in [2.05, 4.69) is 94.5 Å². The highest BCUT2D eigenvalue weighted by molar-refractivity contribution is 9.10. The molecule has 104 valence electrons. The van der Waals surface area contributed by atoms with Crippen LogP contribution in [0.4, 0.5) is 17.1 Å². The highest BCUT2D eigenvalue weighted by Crippen LogP contribution is 2.35. The Kier molecular flexibility index (Phi) is 4.07. The Hall–Kier alpha value is -2.06. The molecule has 0 bridgehead atoms. The Morgan fingerprint density at radius 3 is 1.67 bits per heavy atom. The number of para-hydroxylation sites is 2. The predicted octanol–water partition coefficient (Wildman–Crippen LogP) is 6.23. The summed E-state index contributed by atoms with van der Waals surface area (Å²) in [6.07, 6.45) is 0. The number of hydrogen-bond acceptors (Lipinski definition) is 1. The number of halogens is 1. The van der Waals surface area contributed by atoms with Crippen LogP contribution < -0.4 is 4.90 Å². The number of aryl methyl sites for hydroxylation is 1. The van der Waals surface area contributed by atoms with Crippen molar-refractivity contribution in [2.24, 2.45) is 0 Å². The SMILES string of the molecule is Cc1cc(N(c2ccccc2)c2ccccc2)ccc1Br. The molecule has 0 saturated carbocycles. The lowest BCUT2D eigenvalue weighted by atomic mass is 10.1. The maximum atomic E-state index is 3.57. The van der Waals surface area contributed by atoms with Crippen molar-refractivity contribution in [3.63, 3.8) is 0 Å². The number of anilines is 3. The zero-order valence-electron chi connectivity index (χ0n) is 11.8. The Bertz CT molecular complexity index is 684. The topological polar surface area (TPSA) is 3.24 Å². The van der Waals surface area contributed by atoms with Crippen molar-refractivity contribution in [1.82, 2.24) is 0 Å². The summed E-state index contributed by atoms with van der Waals surface area (Å²) in [7, 11) is 0. The van der Waals surface area contributed by atoms with E-state index in [0.717, 1.165) is 21.5 Å². The quantitative estimate of drug-likeness (QED) is 0.547. The minimum absolute atomic E-state index is 1.13. The Morgan fingerprint density at radius 2 is 1.19 bits per heavy atom. The molecular formula is C19H16BrN. The maximum Gasteiger partial charge on any atom is 0.0465 e. The van der Waals surface area contributed by atoms with Crippen LogP contribution in [0.15, 0.2) is 83.3 Å². The summed E-state index contributed by atoms with van der Waals surface area (Å²) in [5.74, 6) is 0. The van der Waals surface area contributed by atoms with Crippen molar-refractivity contribution in [1.29, 1.82) is 0 Å². The third kappa shape index (κ3) is 3.01. The minimum atomic E-state index is 1.13. The average Bonchev–Trinajstić information content (AvgIpc) is 2.53. The van der Waals surface area contributed by atoms with Crippen LogP contribution in [0.25, 0.3) is 0 Å². The Morgan fingerprint density at radius 1 is 0.667 bits per heavy atom. The predicted molar refractivity (Wildman–Crippen MR) is 93.6 cm³/mol. The molecule has 0 aliphatic carbocycles. The van der Waals surface area contributed by atoms with Crippen molar-refractivity contribution < 1.29 is 0 Å². The van der Waals surface area contributed by atoms with Gasteiger partial charge in [0, 0.05) is 21.5 Å². The van der Waals surface area contributed by atoms with E-state index in [4.69, 9.17) is 0 Å². The summed E-state index contributed by atoms with van der Waals surface area (Å²) in [6.45, 7) is 2.11. The van der Waals surface area contributed by atoms with E-state index >= 15 is 0 Å². The van der Waals surface area contributed by atoms with Gasteiger partial charge >= 0.3 is 0 Å². The second-order valence-electron chi connectivity index (χ2n) is 4.94. The zero-order chi connectivity index (χ0) is 14.7. The lowest BCUT2D eigenvalue weighted by Crippen LogP contribution is -2.09. The van der Waals surface area contributed by atoms with Crippen LogP contribution in [0.2, 0.25) is 0 Å². The molecule has 0 aromatic heterocycles. The number of benzene rings is 3.